The molecule has 1 aliphatic heterocycles. The molecule has 0 fully saturated rings. The molecule has 2 heterocycles. The van der Waals surface area contributed by atoms with Gasteiger partial charge in [-0.2, -0.15) is 0 Å². The summed E-state index contributed by atoms with van der Waals surface area (Å²) in [4.78, 5) is 79.9. The number of carboxylic acid groups (broad SMARTS) is 1. The second-order valence-corrected chi connectivity index (χ2v) is 17.5. The number of rotatable bonds is 16. The number of aliphatic hydroxyl groups is 1. The molecule has 67 heavy (non-hydrogen) atoms. The van der Waals surface area contributed by atoms with Crippen molar-refractivity contribution in [2.75, 3.05) is 33.4 Å². The molecule has 0 aliphatic carbocycles. The van der Waals surface area contributed by atoms with Crippen LogP contribution in [0, 0.1) is 6.92 Å². The number of nitrogens with two attached hydrogens (primary N) is 3. The van der Waals surface area contributed by atoms with Crippen molar-refractivity contribution in [3.8, 4) is 39.8 Å². The molecule has 0 saturated carbocycles. The Bertz CT molecular complexity index is 2460. The van der Waals surface area contributed by atoms with E-state index in [1.165, 1.54) is 26.1 Å². The zero-order chi connectivity index (χ0) is 49.3. The molecule has 0 radical (unpaired) electrons. The fourth-order valence-electron chi connectivity index (χ4n) is 7.57. The normalized spacial score (nSPS) is 17.3. The highest BCUT2D eigenvalue weighted by Crippen LogP contribution is 2.45. The zero-order valence-electron chi connectivity index (χ0n) is 39.0. The summed E-state index contributed by atoms with van der Waals surface area (Å²) in [6.07, 6.45) is -0.830. The van der Waals surface area contributed by atoms with Crippen molar-refractivity contribution >= 4 is 29.6 Å². The van der Waals surface area contributed by atoms with Crippen LogP contribution in [0.25, 0.3) is 22.5 Å². The summed E-state index contributed by atoms with van der Waals surface area (Å²) < 4.78 is 12.0. The Morgan fingerprint density at radius 1 is 0.955 bits per heavy atom. The van der Waals surface area contributed by atoms with E-state index in [9.17, 15) is 39.3 Å². The van der Waals surface area contributed by atoms with Gasteiger partial charge in [0.15, 0.2) is 17.3 Å². The van der Waals surface area contributed by atoms with Crippen molar-refractivity contribution in [1.82, 2.24) is 30.8 Å². The van der Waals surface area contributed by atoms with Crippen molar-refractivity contribution in [3.05, 3.63) is 88.2 Å². The summed E-state index contributed by atoms with van der Waals surface area (Å²) in [5.41, 5.74) is 20.8. The molecule has 4 amide bonds. The first-order valence-corrected chi connectivity index (χ1v) is 22.2. The molecule has 4 bridgehead atoms. The lowest BCUT2D eigenvalue weighted by Gasteiger charge is -2.32. The molecule has 12 N–H and O–H groups in total. The monoisotopic (exact) mass is 925 g/mol. The van der Waals surface area contributed by atoms with Crippen LogP contribution in [0.15, 0.2) is 54.6 Å². The summed E-state index contributed by atoms with van der Waals surface area (Å²) in [6, 6.07) is 9.75. The Morgan fingerprint density at radius 2 is 1.66 bits per heavy atom. The fraction of sp³-hybridized carbons (Fsp3) is 0.438. The van der Waals surface area contributed by atoms with E-state index in [0.717, 1.165) is 16.0 Å². The number of hydrogen-bond acceptors (Lipinski definition) is 14. The van der Waals surface area contributed by atoms with Crippen molar-refractivity contribution in [2.45, 2.75) is 103 Å². The number of aliphatic carboxylic acids is 1. The van der Waals surface area contributed by atoms with E-state index in [1.54, 1.807) is 32.0 Å². The predicted octanol–water partition coefficient (Wildman–Crippen LogP) is 2.35. The predicted molar refractivity (Wildman–Crippen MR) is 250 cm³/mol. The van der Waals surface area contributed by atoms with Gasteiger partial charge in [0.05, 0.1) is 23.6 Å². The molecule has 5 rings (SSSR count). The van der Waals surface area contributed by atoms with Crippen LogP contribution in [-0.4, -0.2) is 117 Å². The van der Waals surface area contributed by atoms with Crippen LogP contribution in [0.1, 0.15) is 91.9 Å². The molecule has 19 nitrogen and oxygen atoms in total. The number of carboxylic acids is 1. The van der Waals surface area contributed by atoms with Crippen LogP contribution in [0.2, 0.25) is 0 Å². The van der Waals surface area contributed by atoms with Gasteiger partial charge in [-0.1, -0.05) is 58.0 Å². The van der Waals surface area contributed by atoms with Crippen LogP contribution in [0.3, 0.4) is 0 Å². The average molecular weight is 926 g/mol. The maximum atomic E-state index is 14.7. The molecule has 1 aromatic heterocycles. The molecular formula is C48H63N9O10. The Labute approximate surface area is 389 Å². The third-order valence-electron chi connectivity index (χ3n) is 11.5. The first kappa shape index (κ1) is 51.3. The number of nitrogens with one attached hydrogen (secondary N) is 3. The van der Waals surface area contributed by atoms with E-state index in [0.29, 0.717) is 30.0 Å². The second-order valence-electron chi connectivity index (χ2n) is 17.5. The van der Waals surface area contributed by atoms with Crippen molar-refractivity contribution < 1.29 is 48.8 Å². The van der Waals surface area contributed by atoms with Gasteiger partial charge in [-0.05, 0) is 79.6 Å². The summed E-state index contributed by atoms with van der Waals surface area (Å²) in [7, 11) is 1.34. The van der Waals surface area contributed by atoms with Crippen LogP contribution in [0.4, 0.5) is 0 Å². The van der Waals surface area contributed by atoms with Crippen LogP contribution >= 0.6 is 0 Å². The smallest absolute Gasteiger partial charge is 0.326 e. The number of aliphatic hydroxyl groups excluding tert-OH is 1. The molecule has 0 saturated heterocycles. The van der Waals surface area contributed by atoms with Gasteiger partial charge in [0.25, 0.3) is 5.91 Å². The number of fused-ring (bicyclic) bond motifs is 5. The van der Waals surface area contributed by atoms with E-state index in [2.05, 4.69) is 46.7 Å². The number of aryl methyl sites for hydroxylation is 1. The minimum atomic E-state index is -1.59. The maximum absolute atomic E-state index is 14.7. The number of nitrogens with zero attached hydrogens (tertiary/aromatic N) is 3. The van der Waals surface area contributed by atoms with E-state index in [1.807, 2.05) is 24.3 Å². The number of carbonyl (C=O) groups excluding carboxylic acids is 4. The highest BCUT2D eigenvalue weighted by atomic mass is 16.5. The molecule has 3 aromatic carbocycles. The Hall–Kier alpha value is -6.67. The van der Waals surface area contributed by atoms with Crippen molar-refractivity contribution in [2.24, 2.45) is 17.2 Å². The highest BCUT2D eigenvalue weighted by Gasteiger charge is 2.37. The summed E-state index contributed by atoms with van der Waals surface area (Å²) >= 11 is 0. The van der Waals surface area contributed by atoms with Crippen LogP contribution in [-0.2, 0) is 37.6 Å². The largest absolute Gasteiger partial charge is 0.504 e. The minimum absolute atomic E-state index is 0.0527. The van der Waals surface area contributed by atoms with E-state index < -0.39 is 65.6 Å². The average Bonchev–Trinajstić information content (AvgIpc) is 3.29. The van der Waals surface area contributed by atoms with Gasteiger partial charge in [-0.25, -0.2) is 14.8 Å². The third kappa shape index (κ3) is 12.2. The highest BCUT2D eigenvalue weighted by molar-refractivity contribution is 6.00. The molecule has 360 valence electrons. The maximum Gasteiger partial charge on any atom is 0.326 e. The quantitative estimate of drug-likeness (QED) is 0.0729. The Kier molecular flexibility index (Phi) is 17.0. The van der Waals surface area contributed by atoms with Gasteiger partial charge >= 0.3 is 5.97 Å². The van der Waals surface area contributed by atoms with E-state index in [4.69, 9.17) is 26.7 Å². The molecule has 1 aliphatic rings. The lowest BCUT2D eigenvalue weighted by atomic mass is 9.86. The van der Waals surface area contributed by atoms with Crippen LogP contribution in [0.5, 0.6) is 17.2 Å². The zero-order valence-corrected chi connectivity index (χ0v) is 39.0. The molecule has 0 spiro atoms. The van der Waals surface area contributed by atoms with Crippen molar-refractivity contribution in [1.29, 1.82) is 0 Å². The van der Waals surface area contributed by atoms with Gasteiger partial charge in [-0.15, -0.1) is 0 Å². The topological polar surface area (TPSA) is 308 Å². The Balaban J connectivity index is 1.61. The number of likely N-dealkylation sites (N-methyl/N-ethyl adjacent to an activating group) is 1. The summed E-state index contributed by atoms with van der Waals surface area (Å²) in [5, 5.41) is 40.3. The number of benzene rings is 3. The van der Waals surface area contributed by atoms with Gasteiger partial charge in [0.1, 0.15) is 42.6 Å². The standard InChI is InChI=1S/C48H63N9O10/c1-8-34(55-44(61)39-25(2)52-42(54-36(39)23-51)28-11-13-30(14-12-28)48(4,5)6)46(63)57(7)40-29-20-33(41(59)38(21-29)67-24-31(58)22-50)32-18-27(10-15-37(32)66-17-9-16-49)19-35(47(64)65)56-43(60)26(3)53-45(40)62/h10-15,18,20-21,26,31,34-35,40,58-59H,8-9,16-17,19,22-24,49-51H2,1-7H3,(H,53,62)(H,55,61)(H,56,60)(H,64,65)/t26-,31+,34-,35-,40-/m0/s1. The number of hydrogen-bond donors (Lipinski definition) is 9. The lowest BCUT2D eigenvalue weighted by molar-refractivity contribution is -0.143. The van der Waals surface area contributed by atoms with Gasteiger partial charge in [0, 0.05) is 43.2 Å². The van der Waals surface area contributed by atoms with Gasteiger partial charge < -0.3 is 62.8 Å². The third-order valence-corrected chi connectivity index (χ3v) is 11.5. The number of aromatic hydroxyl groups is 1. The minimum Gasteiger partial charge on any atom is -0.504 e. The summed E-state index contributed by atoms with van der Waals surface area (Å²) in [5.74, 6) is -4.50. The number of phenolic OH excluding ortho intramolecular Hbond substituents is 1. The second kappa shape index (κ2) is 22.2. The first-order chi connectivity index (χ1) is 31.7. The Morgan fingerprint density at radius 3 is 2.27 bits per heavy atom. The number of amides is 4. The van der Waals surface area contributed by atoms with Crippen molar-refractivity contribution in [3.63, 3.8) is 0 Å². The van der Waals surface area contributed by atoms with Gasteiger partial charge in [-0.3, -0.25) is 19.2 Å². The van der Waals surface area contributed by atoms with Gasteiger partial charge in [0.2, 0.25) is 17.7 Å². The summed E-state index contributed by atoms with van der Waals surface area (Å²) in [6.45, 7) is 10.8. The number of phenols is 1. The molecule has 19 heteroatoms. The SMILES string of the molecule is CC[C@H](NC(=O)c1c(C)nc(-c2ccc(C(C)(C)C)cc2)nc1CN)C(=O)N(C)[C@@H]1C(=O)N[C@@H](C)C(=O)N[C@H](C(=O)O)Cc2ccc(OCCCN)c(c2)-c2cc1cc(OC[C@H](O)CN)c2O. The number of aromatic nitrogens is 2. The number of carbonyl (C=O) groups is 5. The first-order valence-electron chi connectivity index (χ1n) is 22.2. The van der Waals surface area contributed by atoms with Crippen LogP contribution < -0.4 is 42.6 Å². The lowest BCUT2D eigenvalue weighted by Crippen LogP contribution is -2.54. The molecule has 4 aromatic rings. The molecule has 0 unspecified atom stereocenters. The van der Waals surface area contributed by atoms with E-state index >= 15 is 0 Å². The number of ether oxygens (including phenoxy) is 2. The van der Waals surface area contributed by atoms with E-state index in [-0.39, 0.29) is 84.0 Å². The molecular weight excluding hydrogens is 863 g/mol. The fourth-order valence-corrected chi connectivity index (χ4v) is 7.57. The molecule has 5 atom stereocenters.